The minimum absolute atomic E-state index is 0.0292. The largest absolute Gasteiger partial charge is 0.341 e. The van der Waals surface area contributed by atoms with Crippen LogP contribution in [-0.4, -0.2) is 34.7 Å². The van der Waals surface area contributed by atoms with Crippen molar-refractivity contribution in [3.8, 4) is 0 Å². The molecule has 0 saturated heterocycles. The van der Waals surface area contributed by atoms with Gasteiger partial charge in [-0.2, -0.15) is 9.97 Å². The molecule has 0 radical (unpaired) electrons. The van der Waals surface area contributed by atoms with Crippen LogP contribution in [0.2, 0.25) is 5.28 Å². The molecule has 0 bridgehead atoms. The molecule has 0 aliphatic heterocycles. The molecule has 0 aliphatic rings. The Morgan fingerprint density at radius 3 is 2.90 bits per heavy atom. The third-order valence-corrected chi connectivity index (χ3v) is 3.57. The lowest BCUT2D eigenvalue weighted by atomic mass is 10.6. The van der Waals surface area contributed by atoms with Crippen LogP contribution in [0, 0.1) is 0 Å². The van der Waals surface area contributed by atoms with Crippen LogP contribution < -0.4 is 11.1 Å². The Bertz CT molecular complexity index is 915. The molecule has 0 unspecified atom stereocenters. The van der Waals surface area contributed by atoms with Crippen molar-refractivity contribution in [3.05, 3.63) is 32.3 Å². The SMILES string of the molecule is Cn1[nH]c(=O)c(=O)nc1Sc1nc(Cl)nc2nc[nH]c12. The van der Waals surface area contributed by atoms with Gasteiger partial charge in [0.1, 0.15) is 10.5 Å². The van der Waals surface area contributed by atoms with Gasteiger partial charge in [0.25, 0.3) is 0 Å². The second-order valence-electron chi connectivity index (χ2n) is 3.70. The van der Waals surface area contributed by atoms with Crippen molar-refractivity contribution in [1.82, 2.24) is 34.7 Å². The number of hydrogen-bond donors (Lipinski definition) is 2. The average Bonchev–Trinajstić information content (AvgIpc) is 2.84. The van der Waals surface area contributed by atoms with Crippen molar-refractivity contribution < 1.29 is 0 Å². The van der Waals surface area contributed by atoms with Gasteiger partial charge in [0.15, 0.2) is 10.8 Å². The van der Waals surface area contributed by atoms with Crippen molar-refractivity contribution >= 4 is 34.5 Å². The molecule has 3 aromatic heterocycles. The summed E-state index contributed by atoms with van der Waals surface area (Å²) in [5.74, 6) is 0. The molecule has 0 saturated carbocycles. The number of rotatable bonds is 2. The maximum Gasteiger partial charge on any atom is 0.339 e. The van der Waals surface area contributed by atoms with E-state index >= 15 is 0 Å². The Labute approximate surface area is 119 Å². The van der Waals surface area contributed by atoms with Crippen molar-refractivity contribution in [3.63, 3.8) is 0 Å². The van der Waals surface area contributed by atoms with E-state index in [9.17, 15) is 9.59 Å². The van der Waals surface area contributed by atoms with E-state index in [0.29, 0.717) is 16.2 Å². The quantitative estimate of drug-likeness (QED) is 0.386. The zero-order valence-corrected chi connectivity index (χ0v) is 11.5. The summed E-state index contributed by atoms with van der Waals surface area (Å²) < 4.78 is 1.33. The molecule has 0 fully saturated rings. The van der Waals surface area contributed by atoms with Gasteiger partial charge < -0.3 is 4.98 Å². The average molecular weight is 312 g/mol. The zero-order chi connectivity index (χ0) is 14.3. The van der Waals surface area contributed by atoms with Gasteiger partial charge in [0.05, 0.1) is 6.33 Å². The summed E-state index contributed by atoms with van der Waals surface area (Å²) in [7, 11) is 1.56. The topological polar surface area (TPSA) is 122 Å². The van der Waals surface area contributed by atoms with Crippen molar-refractivity contribution in [2.24, 2.45) is 7.05 Å². The Hall–Kier alpha value is -2.20. The zero-order valence-electron chi connectivity index (χ0n) is 9.92. The Kier molecular flexibility index (Phi) is 3.03. The third-order valence-electron chi connectivity index (χ3n) is 2.36. The summed E-state index contributed by atoms with van der Waals surface area (Å²) in [5, 5.41) is 3.09. The molecule has 0 aromatic carbocycles. The number of aryl methyl sites for hydroxylation is 1. The fourth-order valence-corrected chi connectivity index (χ4v) is 2.58. The lowest BCUT2D eigenvalue weighted by Gasteiger charge is -2.05. The van der Waals surface area contributed by atoms with Crippen LogP contribution in [0.5, 0.6) is 0 Å². The monoisotopic (exact) mass is 311 g/mol. The summed E-state index contributed by atoms with van der Waals surface area (Å²) in [6, 6.07) is 0. The molecule has 0 amide bonds. The van der Waals surface area contributed by atoms with E-state index in [2.05, 4.69) is 30.0 Å². The predicted octanol–water partition coefficient (Wildman–Crippen LogP) is -0.0605. The second-order valence-corrected chi connectivity index (χ2v) is 4.99. The lowest BCUT2D eigenvalue weighted by Crippen LogP contribution is -2.33. The van der Waals surface area contributed by atoms with Crippen LogP contribution >= 0.6 is 23.4 Å². The molecule has 3 heterocycles. The number of nitrogens with one attached hydrogen (secondary N) is 2. The van der Waals surface area contributed by atoms with Crippen molar-refractivity contribution in [1.29, 1.82) is 0 Å². The summed E-state index contributed by atoms with van der Waals surface area (Å²) in [6.45, 7) is 0. The highest BCUT2D eigenvalue weighted by Gasteiger charge is 2.13. The summed E-state index contributed by atoms with van der Waals surface area (Å²) in [5.41, 5.74) is -0.683. The highest BCUT2D eigenvalue weighted by atomic mass is 35.5. The van der Waals surface area contributed by atoms with E-state index in [1.165, 1.54) is 11.0 Å². The molecule has 0 spiro atoms. The highest BCUT2D eigenvalue weighted by molar-refractivity contribution is 7.99. The van der Waals surface area contributed by atoms with Gasteiger partial charge in [0.2, 0.25) is 5.28 Å². The number of imidazole rings is 1. The maximum absolute atomic E-state index is 11.3. The maximum atomic E-state index is 11.3. The van der Waals surface area contributed by atoms with Gasteiger partial charge in [-0.3, -0.25) is 19.4 Å². The summed E-state index contributed by atoms with van der Waals surface area (Å²) in [6.07, 6.45) is 1.46. The molecule has 0 atom stereocenters. The molecule has 9 nitrogen and oxygen atoms in total. The molecule has 3 aromatic rings. The van der Waals surface area contributed by atoms with Crippen LogP contribution in [0.1, 0.15) is 0 Å². The number of halogens is 1. The first-order chi connectivity index (χ1) is 9.54. The first kappa shape index (κ1) is 12.8. The molecule has 2 N–H and O–H groups in total. The number of aromatic amines is 2. The fourth-order valence-electron chi connectivity index (χ4n) is 1.49. The molecule has 11 heteroatoms. The fraction of sp³-hybridized carbons (Fsp3) is 0.111. The van der Waals surface area contributed by atoms with E-state index in [0.717, 1.165) is 11.8 Å². The Morgan fingerprint density at radius 2 is 2.10 bits per heavy atom. The van der Waals surface area contributed by atoms with Crippen LogP contribution in [0.25, 0.3) is 11.2 Å². The smallest absolute Gasteiger partial charge is 0.339 e. The third kappa shape index (κ3) is 2.18. The normalized spacial score (nSPS) is 11.1. The van der Waals surface area contributed by atoms with Gasteiger partial charge in [-0.1, -0.05) is 0 Å². The Balaban J connectivity index is 2.14. The first-order valence-corrected chi connectivity index (χ1v) is 6.46. The number of H-pyrrole nitrogens is 2. The predicted molar refractivity (Wildman–Crippen MR) is 70.9 cm³/mol. The molecule has 3 rings (SSSR count). The first-order valence-electron chi connectivity index (χ1n) is 5.26. The lowest BCUT2D eigenvalue weighted by molar-refractivity contribution is 0.596. The van der Waals surface area contributed by atoms with Crippen molar-refractivity contribution in [2.75, 3.05) is 0 Å². The van der Waals surface area contributed by atoms with Gasteiger partial charge in [-0.05, 0) is 23.4 Å². The molecular formula is C9H6ClN7O2S. The van der Waals surface area contributed by atoms with Crippen LogP contribution in [0.3, 0.4) is 0 Å². The van der Waals surface area contributed by atoms with E-state index < -0.39 is 11.1 Å². The van der Waals surface area contributed by atoms with E-state index in [-0.39, 0.29) is 10.4 Å². The number of hydrogen-bond acceptors (Lipinski definition) is 7. The standard InChI is InChI=1S/C9H6ClN7O2S/c1-17-9(14-5(18)6(19)16-17)20-7-3-4(12-2-11-3)13-8(10)15-7/h2H,1H3,(H,16,19)(H,11,12,13,15). The van der Waals surface area contributed by atoms with Crippen molar-refractivity contribution in [2.45, 2.75) is 10.2 Å². The minimum atomic E-state index is -0.869. The molecule has 20 heavy (non-hydrogen) atoms. The molecule has 0 aliphatic carbocycles. The number of fused-ring (bicyclic) bond motifs is 1. The van der Waals surface area contributed by atoms with E-state index in [1.807, 2.05) is 0 Å². The number of nitrogens with zero attached hydrogens (tertiary/aromatic N) is 5. The van der Waals surface area contributed by atoms with Gasteiger partial charge >= 0.3 is 11.1 Å². The molecular weight excluding hydrogens is 306 g/mol. The molecule has 102 valence electrons. The highest BCUT2D eigenvalue weighted by Crippen LogP contribution is 2.28. The summed E-state index contributed by atoms with van der Waals surface area (Å²) >= 11 is 6.87. The van der Waals surface area contributed by atoms with Gasteiger partial charge in [-0.15, -0.1) is 0 Å². The van der Waals surface area contributed by atoms with E-state index in [1.54, 1.807) is 7.05 Å². The Morgan fingerprint density at radius 1 is 1.30 bits per heavy atom. The van der Waals surface area contributed by atoms with Crippen LogP contribution in [0.4, 0.5) is 0 Å². The minimum Gasteiger partial charge on any atom is -0.341 e. The van der Waals surface area contributed by atoms with Gasteiger partial charge in [0, 0.05) is 7.05 Å². The number of aromatic nitrogens is 7. The van der Waals surface area contributed by atoms with Crippen LogP contribution in [-0.2, 0) is 7.05 Å². The second kappa shape index (κ2) is 4.72. The van der Waals surface area contributed by atoms with E-state index in [4.69, 9.17) is 11.6 Å². The van der Waals surface area contributed by atoms with Crippen LogP contribution in [0.15, 0.2) is 26.1 Å². The summed E-state index contributed by atoms with van der Waals surface area (Å²) in [4.78, 5) is 41.0. The van der Waals surface area contributed by atoms with Gasteiger partial charge in [-0.25, -0.2) is 9.97 Å².